The molecule has 3 atom stereocenters. The third-order valence-electron chi connectivity index (χ3n) is 2.79. The zero-order chi connectivity index (χ0) is 11.7. The first-order chi connectivity index (χ1) is 7.58. The van der Waals surface area contributed by atoms with Gasteiger partial charge in [0.15, 0.2) is 0 Å². The largest absolute Gasteiger partial charge is 0.480 e. The van der Waals surface area contributed by atoms with E-state index in [9.17, 15) is 4.79 Å². The lowest BCUT2D eigenvalue weighted by molar-refractivity contribution is -0.138. The number of carbonyl (C=O) groups is 1. The monoisotopic (exact) mass is 221 g/mol. The highest BCUT2D eigenvalue weighted by Gasteiger charge is 2.35. The minimum absolute atomic E-state index is 0.210. The lowest BCUT2D eigenvalue weighted by atomic mass is 10.0. The molecule has 0 amide bonds. The molecule has 1 heterocycles. The van der Waals surface area contributed by atoms with Gasteiger partial charge in [-0.3, -0.25) is 4.79 Å². The minimum atomic E-state index is -0.969. The number of epoxide rings is 1. The number of hydrogen-bond donors (Lipinski definition) is 2. The van der Waals surface area contributed by atoms with Gasteiger partial charge in [-0.1, -0.05) is 24.3 Å². The van der Waals surface area contributed by atoms with Gasteiger partial charge in [0.2, 0.25) is 0 Å². The van der Waals surface area contributed by atoms with Gasteiger partial charge in [-0.2, -0.15) is 0 Å². The summed E-state index contributed by atoms with van der Waals surface area (Å²) < 4.78 is 5.34. The fraction of sp³-hybridized carbons (Fsp3) is 0.417. The van der Waals surface area contributed by atoms with Gasteiger partial charge >= 0.3 is 5.97 Å². The molecule has 1 aliphatic rings. The molecule has 0 bridgehead atoms. The van der Waals surface area contributed by atoms with Gasteiger partial charge in [0, 0.05) is 0 Å². The molecule has 0 aliphatic carbocycles. The molecule has 4 heteroatoms. The maximum absolute atomic E-state index is 10.6. The van der Waals surface area contributed by atoms with Gasteiger partial charge in [0.25, 0.3) is 0 Å². The Balaban J connectivity index is 1.99. The van der Waals surface area contributed by atoms with Gasteiger partial charge in [-0.15, -0.1) is 0 Å². The molecule has 0 radical (unpaired) electrons. The van der Waals surface area contributed by atoms with Gasteiger partial charge in [-0.25, -0.2) is 0 Å². The Morgan fingerprint density at radius 2 is 2.06 bits per heavy atom. The second kappa shape index (κ2) is 4.23. The molecule has 0 aromatic heterocycles. The molecule has 1 aromatic rings. The highest BCUT2D eigenvalue weighted by atomic mass is 16.6. The van der Waals surface area contributed by atoms with Crippen molar-refractivity contribution in [2.24, 2.45) is 5.73 Å². The van der Waals surface area contributed by atoms with Crippen LogP contribution in [0.25, 0.3) is 0 Å². The Kier molecular flexibility index (Phi) is 2.94. The van der Waals surface area contributed by atoms with Crippen LogP contribution in [-0.4, -0.2) is 23.2 Å². The molecule has 3 unspecified atom stereocenters. The van der Waals surface area contributed by atoms with Crippen molar-refractivity contribution >= 4 is 5.97 Å². The Labute approximate surface area is 94.0 Å². The van der Waals surface area contributed by atoms with E-state index in [1.165, 1.54) is 0 Å². The van der Waals surface area contributed by atoms with E-state index >= 15 is 0 Å². The van der Waals surface area contributed by atoms with E-state index in [1.807, 2.05) is 31.2 Å². The molecular weight excluding hydrogens is 206 g/mol. The third kappa shape index (κ3) is 2.40. The first kappa shape index (κ1) is 11.1. The van der Waals surface area contributed by atoms with Crippen LogP contribution in [0.1, 0.15) is 24.2 Å². The second-order valence-corrected chi connectivity index (χ2v) is 4.15. The number of benzene rings is 1. The number of nitrogens with two attached hydrogens (primary N) is 1. The maximum Gasteiger partial charge on any atom is 0.320 e. The summed E-state index contributed by atoms with van der Waals surface area (Å²) in [5.41, 5.74) is 7.53. The summed E-state index contributed by atoms with van der Waals surface area (Å²) in [5.74, 6) is -0.969. The predicted octanol–water partition coefficient (Wildman–Crippen LogP) is 1.10. The standard InChI is InChI=1S/C12H15NO3/c1-7-11(16-7)9-4-2-8(3-5-9)6-10(13)12(14)15/h2-5,7,10-11H,6,13H2,1H3,(H,14,15). The van der Waals surface area contributed by atoms with Crippen LogP contribution in [0.4, 0.5) is 0 Å². The lowest BCUT2D eigenvalue weighted by Crippen LogP contribution is -2.32. The molecule has 1 fully saturated rings. The van der Waals surface area contributed by atoms with E-state index in [0.29, 0.717) is 12.5 Å². The van der Waals surface area contributed by atoms with Crippen LogP contribution < -0.4 is 5.73 Å². The van der Waals surface area contributed by atoms with E-state index in [2.05, 4.69) is 0 Å². The van der Waals surface area contributed by atoms with E-state index in [-0.39, 0.29) is 6.10 Å². The normalized spacial score (nSPS) is 25.1. The van der Waals surface area contributed by atoms with E-state index in [1.54, 1.807) is 0 Å². The zero-order valence-corrected chi connectivity index (χ0v) is 9.09. The van der Waals surface area contributed by atoms with Gasteiger partial charge < -0.3 is 15.6 Å². The van der Waals surface area contributed by atoms with Crippen LogP contribution in [0.15, 0.2) is 24.3 Å². The smallest absolute Gasteiger partial charge is 0.320 e. The van der Waals surface area contributed by atoms with E-state index < -0.39 is 12.0 Å². The number of carboxylic acids is 1. The van der Waals surface area contributed by atoms with Crippen molar-refractivity contribution in [1.82, 2.24) is 0 Å². The van der Waals surface area contributed by atoms with Crippen LogP contribution in [-0.2, 0) is 16.0 Å². The summed E-state index contributed by atoms with van der Waals surface area (Å²) in [6, 6.07) is 6.93. The van der Waals surface area contributed by atoms with Crippen molar-refractivity contribution in [3.05, 3.63) is 35.4 Å². The number of carboxylic acid groups (broad SMARTS) is 1. The fourth-order valence-corrected chi connectivity index (χ4v) is 1.72. The number of aliphatic carboxylic acids is 1. The van der Waals surface area contributed by atoms with Crippen LogP contribution in [0.5, 0.6) is 0 Å². The van der Waals surface area contributed by atoms with Crippen molar-refractivity contribution in [1.29, 1.82) is 0 Å². The SMILES string of the molecule is CC1OC1c1ccc(CC(N)C(=O)O)cc1. The number of hydrogen-bond acceptors (Lipinski definition) is 3. The van der Waals surface area contributed by atoms with Gasteiger partial charge in [-0.05, 0) is 24.5 Å². The predicted molar refractivity (Wildman–Crippen MR) is 59.0 cm³/mol. The molecule has 2 rings (SSSR count). The van der Waals surface area contributed by atoms with Crippen molar-refractivity contribution in [2.45, 2.75) is 31.6 Å². The first-order valence-corrected chi connectivity index (χ1v) is 5.30. The van der Waals surface area contributed by atoms with Gasteiger partial charge in [0.05, 0.1) is 6.10 Å². The van der Waals surface area contributed by atoms with Gasteiger partial charge in [0.1, 0.15) is 12.1 Å². The molecule has 86 valence electrons. The highest BCUT2D eigenvalue weighted by Crippen LogP contribution is 2.37. The molecule has 4 nitrogen and oxygen atoms in total. The average Bonchev–Trinajstić information content (AvgIpc) is 2.96. The first-order valence-electron chi connectivity index (χ1n) is 5.30. The molecule has 1 aliphatic heterocycles. The number of ether oxygens (including phenoxy) is 1. The summed E-state index contributed by atoms with van der Waals surface area (Å²) in [7, 11) is 0. The minimum Gasteiger partial charge on any atom is -0.480 e. The summed E-state index contributed by atoms with van der Waals surface area (Å²) in [4.78, 5) is 10.6. The van der Waals surface area contributed by atoms with Crippen molar-refractivity contribution in [2.75, 3.05) is 0 Å². The number of rotatable bonds is 4. The van der Waals surface area contributed by atoms with Crippen LogP contribution >= 0.6 is 0 Å². The van der Waals surface area contributed by atoms with Crippen molar-refractivity contribution in [3.63, 3.8) is 0 Å². The molecule has 0 saturated carbocycles. The van der Waals surface area contributed by atoms with Crippen LogP contribution in [0.2, 0.25) is 0 Å². The molecule has 1 saturated heterocycles. The molecule has 3 N–H and O–H groups in total. The van der Waals surface area contributed by atoms with Crippen LogP contribution in [0.3, 0.4) is 0 Å². The quantitative estimate of drug-likeness (QED) is 0.746. The molecular formula is C12H15NO3. The lowest BCUT2D eigenvalue weighted by Gasteiger charge is -2.06. The van der Waals surface area contributed by atoms with Crippen molar-refractivity contribution in [3.8, 4) is 0 Å². The Morgan fingerprint density at radius 3 is 2.50 bits per heavy atom. The van der Waals surface area contributed by atoms with E-state index in [0.717, 1.165) is 11.1 Å². The summed E-state index contributed by atoms with van der Waals surface area (Å²) in [6.45, 7) is 2.03. The van der Waals surface area contributed by atoms with Crippen LogP contribution in [0, 0.1) is 0 Å². The van der Waals surface area contributed by atoms with E-state index in [4.69, 9.17) is 15.6 Å². The summed E-state index contributed by atoms with van der Waals surface area (Å²) in [5, 5.41) is 8.69. The maximum atomic E-state index is 10.6. The Hall–Kier alpha value is -1.39. The Morgan fingerprint density at radius 1 is 1.50 bits per heavy atom. The van der Waals surface area contributed by atoms with Crippen molar-refractivity contribution < 1.29 is 14.6 Å². The highest BCUT2D eigenvalue weighted by molar-refractivity contribution is 5.73. The fourth-order valence-electron chi connectivity index (χ4n) is 1.72. The Bertz CT molecular complexity index is 388. The average molecular weight is 221 g/mol. The molecule has 1 aromatic carbocycles. The molecule has 0 spiro atoms. The zero-order valence-electron chi connectivity index (χ0n) is 9.09. The second-order valence-electron chi connectivity index (χ2n) is 4.15. The summed E-state index contributed by atoms with van der Waals surface area (Å²) >= 11 is 0. The molecule has 16 heavy (non-hydrogen) atoms. The topological polar surface area (TPSA) is 75.8 Å². The third-order valence-corrected chi connectivity index (χ3v) is 2.79. The summed E-state index contributed by atoms with van der Waals surface area (Å²) in [6.07, 6.45) is 0.866.